The average Bonchev–Trinajstić information content (AvgIpc) is 3.69. The fourth-order valence-corrected chi connectivity index (χ4v) is 9.11. The molecule has 0 aromatic heterocycles. The fraction of sp³-hybridized carbons (Fsp3) is 0.857. The van der Waals surface area contributed by atoms with E-state index in [9.17, 15) is 9.59 Å². The number of hydrogen-bond donors (Lipinski definition) is 2. The maximum Gasteiger partial charge on any atom is 0.246 e. The second-order valence-corrected chi connectivity index (χ2v) is 13.6. The molecule has 2 aliphatic carbocycles. The zero-order chi connectivity index (χ0) is 25.0. The molecule has 4 aliphatic heterocycles. The number of nitrogens with zero attached hydrogens (tertiary/aromatic N) is 3. The van der Waals surface area contributed by atoms with Crippen molar-refractivity contribution in [1.29, 1.82) is 0 Å². The first-order chi connectivity index (χ1) is 17.4. The predicted molar refractivity (Wildman–Crippen MR) is 144 cm³/mol. The molecule has 8 heteroatoms. The molecule has 0 spiro atoms. The predicted octanol–water partition coefficient (Wildman–Crippen LogP) is 3.26. The molecule has 2 amide bonds. The highest BCUT2D eigenvalue weighted by atomic mass is 79.9. The average molecular weight is 563 g/mol. The van der Waals surface area contributed by atoms with E-state index in [1.54, 1.807) is 0 Å². The number of piperidine rings is 2. The van der Waals surface area contributed by atoms with Crippen LogP contribution in [0.2, 0.25) is 0 Å². The summed E-state index contributed by atoms with van der Waals surface area (Å²) in [7, 11) is 0. The normalized spacial score (nSPS) is 43.6. The third-order valence-corrected chi connectivity index (χ3v) is 11.2. The van der Waals surface area contributed by atoms with Crippen LogP contribution in [0.1, 0.15) is 71.1 Å². The summed E-state index contributed by atoms with van der Waals surface area (Å²) in [6.45, 7) is 8.06. The van der Waals surface area contributed by atoms with Gasteiger partial charge >= 0.3 is 0 Å². The van der Waals surface area contributed by atoms with Crippen LogP contribution in [0.15, 0.2) is 12.7 Å². The van der Waals surface area contributed by atoms with E-state index < -0.39 is 0 Å². The smallest absolute Gasteiger partial charge is 0.246 e. The van der Waals surface area contributed by atoms with Gasteiger partial charge < -0.3 is 15.1 Å². The summed E-state index contributed by atoms with van der Waals surface area (Å²) in [6.07, 6.45) is 13.6. The highest BCUT2D eigenvalue weighted by Crippen LogP contribution is 2.47. The van der Waals surface area contributed by atoms with E-state index in [-0.39, 0.29) is 34.8 Å². The summed E-state index contributed by atoms with van der Waals surface area (Å²) in [4.78, 5) is 31.2. The number of rotatable bonds is 4. The molecule has 6 aliphatic rings. The zero-order valence-corrected chi connectivity index (χ0v) is 23.4. The van der Waals surface area contributed by atoms with Gasteiger partial charge in [-0.1, -0.05) is 22.5 Å². The number of nitrogens with one attached hydrogen (secondary N) is 2. The fourth-order valence-electron chi connectivity index (χ4n) is 8.43. The summed E-state index contributed by atoms with van der Waals surface area (Å²) in [6, 6.07) is 1.62. The molecule has 2 N–H and O–H groups in total. The van der Waals surface area contributed by atoms with E-state index in [0.717, 1.165) is 50.6 Å². The Morgan fingerprint density at radius 3 is 2.31 bits per heavy atom. The molecule has 6 rings (SSSR count). The lowest BCUT2D eigenvalue weighted by Gasteiger charge is -2.48. The molecule has 200 valence electrons. The third kappa shape index (κ3) is 4.69. The van der Waals surface area contributed by atoms with Crippen LogP contribution in [0.3, 0.4) is 0 Å². The molecular formula is C28H44BrN5O2. The van der Waals surface area contributed by atoms with Crippen molar-refractivity contribution >= 4 is 27.7 Å². The first-order valence-electron chi connectivity index (χ1n) is 14.6. The first kappa shape index (κ1) is 25.3. The quantitative estimate of drug-likeness (QED) is 0.313. The number of carbonyl (C=O) groups is 2. The molecule has 0 bridgehead atoms. The van der Waals surface area contributed by atoms with Crippen LogP contribution in [0, 0.1) is 23.7 Å². The van der Waals surface area contributed by atoms with Crippen molar-refractivity contribution in [2.24, 2.45) is 23.7 Å². The Labute approximate surface area is 224 Å². The van der Waals surface area contributed by atoms with Gasteiger partial charge in [-0.2, -0.15) is 0 Å². The molecular weight excluding hydrogens is 518 g/mol. The van der Waals surface area contributed by atoms with Crippen LogP contribution in [0.25, 0.3) is 0 Å². The molecule has 7 nitrogen and oxygen atoms in total. The number of hydrazine groups is 1. The number of amides is 2. The Morgan fingerprint density at radius 1 is 0.917 bits per heavy atom. The van der Waals surface area contributed by atoms with Gasteiger partial charge in [-0.15, -0.1) is 0 Å². The van der Waals surface area contributed by atoms with Crippen LogP contribution < -0.4 is 10.7 Å². The Morgan fingerprint density at radius 2 is 1.64 bits per heavy atom. The third-order valence-electron chi connectivity index (χ3n) is 10.5. The molecule has 0 aromatic carbocycles. The van der Waals surface area contributed by atoms with Gasteiger partial charge in [0.25, 0.3) is 0 Å². The molecule has 2 saturated carbocycles. The van der Waals surface area contributed by atoms with Gasteiger partial charge in [0.2, 0.25) is 11.8 Å². The number of halogens is 1. The van der Waals surface area contributed by atoms with Gasteiger partial charge in [0.15, 0.2) is 0 Å². The van der Waals surface area contributed by atoms with Gasteiger partial charge in [0.05, 0.1) is 16.9 Å². The molecule has 6 fully saturated rings. The van der Waals surface area contributed by atoms with E-state index in [0.29, 0.717) is 30.6 Å². The van der Waals surface area contributed by atoms with Crippen molar-refractivity contribution < 1.29 is 9.59 Å². The number of likely N-dealkylation sites (tertiary alicyclic amines) is 2. The van der Waals surface area contributed by atoms with Crippen molar-refractivity contribution in [3.63, 3.8) is 0 Å². The summed E-state index contributed by atoms with van der Waals surface area (Å²) in [5.74, 6) is 2.64. The first-order valence-corrected chi connectivity index (χ1v) is 15.5. The summed E-state index contributed by atoms with van der Waals surface area (Å²) >= 11 is 3.68. The maximum atomic E-state index is 14.0. The standard InChI is InChI=1S/C28H44BrN5O2/c1-3-26(35)32-14-12-22-27-23(34(31-22)20-8-6-19(7-9-20)18-4-5-18)13-15-33(24(27)16-32)28(36)21-10-11-25(29)30-17(21)2/h3,17-25,27,30-31H,1,4-16H2,2H3/t17?,19?,20?,21?,22?,23?,24-,25?,27?/m0/s1. The maximum absolute atomic E-state index is 14.0. The minimum atomic E-state index is -0.00502. The monoisotopic (exact) mass is 561 g/mol. The van der Waals surface area contributed by atoms with Crippen LogP contribution in [0.5, 0.6) is 0 Å². The zero-order valence-electron chi connectivity index (χ0n) is 21.8. The SMILES string of the molecule is C=CC(=O)N1CCC2NN(C3CCC(C4CC4)CC3)C3CCN(C(=O)C4CCC(Br)NC4C)[C@@H](C1)C23. The molecule has 0 aromatic rings. The van der Waals surface area contributed by atoms with Crippen molar-refractivity contribution in [2.45, 2.75) is 106 Å². The highest BCUT2D eigenvalue weighted by molar-refractivity contribution is 9.09. The van der Waals surface area contributed by atoms with Gasteiger partial charge in [-0.05, 0) is 89.0 Å². The Bertz CT molecular complexity index is 859. The summed E-state index contributed by atoms with van der Waals surface area (Å²) < 4.78 is 0. The van der Waals surface area contributed by atoms with E-state index in [4.69, 9.17) is 0 Å². The summed E-state index contributed by atoms with van der Waals surface area (Å²) in [5, 5.41) is 6.19. The molecule has 4 heterocycles. The van der Waals surface area contributed by atoms with Crippen molar-refractivity contribution in [3.05, 3.63) is 12.7 Å². The Balaban J connectivity index is 1.22. The topological polar surface area (TPSA) is 67.9 Å². The number of carbonyl (C=O) groups excluding carboxylic acids is 2. The Kier molecular flexibility index (Phi) is 7.25. The Hall–Kier alpha value is -0.960. The van der Waals surface area contributed by atoms with E-state index >= 15 is 0 Å². The van der Waals surface area contributed by atoms with Crippen LogP contribution >= 0.6 is 15.9 Å². The van der Waals surface area contributed by atoms with Gasteiger partial charge in [0, 0.05) is 49.7 Å². The van der Waals surface area contributed by atoms with Gasteiger partial charge in [-0.3, -0.25) is 15.0 Å². The molecule has 0 radical (unpaired) electrons. The van der Waals surface area contributed by atoms with Crippen LogP contribution in [-0.4, -0.2) is 81.4 Å². The second-order valence-electron chi connectivity index (χ2n) is 12.5. The van der Waals surface area contributed by atoms with Crippen LogP contribution in [0.4, 0.5) is 0 Å². The van der Waals surface area contributed by atoms with Crippen molar-refractivity contribution in [2.75, 3.05) is 19.6 Å². The lowest BCUT2D eigenvalue weighted by atomic mass is 9.78. The highest BCUT2D eigenvalue weighted by Gasteiger charge is 2.55. The number of hydrogen-bond acceptors (Lipinski definition) is 5. The van der Waals surface area contributed by atoms with E-state index in [2.05, 4.69) is 50.1 Å². The molecule has 7 atom stereocenters. The summed E-state index contributed by atoms with van der Waals surface area (Å²) in [5.41, 5.74) is 3.98. The lowest BCUT2D eigenvalue weighted by Crippen LogP contribution is -2.62. The van der Waals surface area contributed by atoms with Crippen molar-refractivity contribution in [1.82, 2.24) is 25.6 Å². The second kappa shape index (κ2) is 10.3. The van der Waals surface area contributed by atoms with E-state index in [1.807, 2.05) is 4.90 Å². The lowest BCUT2D eigenvalue weighted by molar-refractivity contribution is -0.145. The molecule has 36 heavy (non-hydrogen) atoms. The number of alkyl halides is 1. The van der Waals surface area contributed by atoms with Crippen molar-refractivity contribution in [3.8, 4) is 0 Å². The largest absolute Gasteiger partial charge is 0.337 e. The van der Waals surface area contributed by atoms with E-state index in [1.165, 1.54) is 44.6 Å². The van der Waals surface area contributed by atoms with Gasteiger partial charge in [0.1, 0.15) is 0 Å². The molecule has 4 saturated heterocycles. The minimum absolute atomic E-state index is 0.00350. The minimum Gasteiger partial charge on any atom is -0.337 e. The van der Waals surface area contributed by atoms with Gasteiger partial charge in [-0.25, -0.2) is 5.01 Å². The molecule has 6 unspecified atom stereocenters. The van der Waals surface area contributed by atoms with Crippen LogP contribution in [-0.2, 0) is 9.59 Å².